The van der Waals surface area contributed by atoms with Crippen molar-refractivity contribution in [3.63, 3.8) is 0 Å². The minimum Gasteiger partial charge on any atom is -0.548 e. The molecule has 2 aliphatic heterocycles. The number of carbonyl (C=O) groups is 3. The SMILES string of the molecule is CCOC(C)C(=O)NC1C(=O)N2C1SC(C)(C)C2C(=O)[O-]. The van der Waals surface area contributed by atoms with Gasteiger partial charge < -0.3 is 24.9 Å². The molecule has 0 radical (unpaired) electrons. The highest BCUT2D eigenvalue weighted by atomic mass is 32.2. The van der Waals surface area contributed by atoms with E-state index in [0.29, 0.717) is 6.61 Å². The molecule has 0 bridgehead atoms. The molecule has 2 amide bonds. The summed E-state index contributed by atoms with van der Waals surface area (Å²) in [6, 6.07) is -1.67. The highest BCUT2D eigenvalue weighted by molar-refractivity contribution is 8.01. The van der Waals surface area contributed by atoms with Gasteiger partial charge in [-0.05, 0) is 27.7 Å². The number of amides is 2. The van der Waals surface area contributed by atoms with Crippen LogP contribution >= 0.6 is 11.8 Å². The molecule has 2 heterocycles. The number of nitrogens with one attached hydrogen (secondary N) is 1. The van der Waals surface area contributed by atoms with Crippen LogP contribution in [-0.4, -0.2) is 57.6 Å². The van der Waals surface area contributed by atoms with Crippen molar-refractivity contribution < 1.29 is 24.2 Å². The van der Waals surface area contributed by atoms with Crippen LogP contribution in [0.15, 0.2) is 0 Å². The van der Waals surface area contributed by atoms with Crippen molar-refractivity contribution in [3.05, 3.63) is 0 Å². The van der Waals surface area contributed by atoms with Gasteiger partial charge >= 0.3 is 0 Å². The second kappa shape index (κ2) is 5.49. The summed E-state index contributed by atoms with van der Waals surface area (Å²) in [5.41, 5.74) is 0. The van der Waals surface area contributed by atoms with Gasteiger partial charge in [0.15, 0.2) is 0 Å². The molecule has 8 heteroatoms. The van der Waals surface area contributed by atoms with Crippen LogP contribution in [0.4, 0.5) is 0 Å². The summed E-state index contributed by atoms with van der Waals surface area (Å²) in [6.07, 6.45) is -0.645. The summed E-state index contributed by atoms with van der Waals surface area (Å²) in [5.74, 6) is -2.02. The zero-order chi connectivity index (χ0) is 15.9. The molecule has 0 aromatic carbocycles. The monoisotopic (exact) mass is 315 g/mol. The van der Waals surface area contributed by atoms with Crippen LogP contribution in [0.2, 0.25) is 0 Å². The summed E-state index contributed by atoms with van der Waals surface area (Å²) in [7, 11) is 0. The Hall–Kier alpha value is -1.28. The minimum absolute atomic E-state index is 0.367. The summed E-state index contributed by atoms with van der Waals surface area (Å²) in [6.45, 7) is 7.30. The molecule has 2 rings (SSSR count). The first-order chi connectivity index (χ1) is 9.70. The van der Waals surface area contributed by atoms with E-state index in [2.05, 4.69) is 5.32 Å². The van der Waals surface area contributed by atoms with Crippen molar-refractivity contribution in [2.75, 3.05) is 6.61 Å². The summed E-state index contributed by atoms with van der Waals surface area (Å²) >= 11 is 1.36. The summed E-state index contributed by atoms with van der Waals surface area (Å²) in [5, 5.41) is 13.5. The van der Waals surface area contributed by atoms with E-state index in [1.807, 2.05) is 0 Å². The Morgan fingerprint density at radius 3 is 2.67 bits per heavy atom. The van der Waals surface area contributed by atoms with Crippen molar-refractivity contribution in [1.82, 2.24) is 10.2 Å². The normalized spacial score (nSPS) is 31.3. The van der Waals surface area contributed by atoms with Crippen LogP contribution in [0.25, 0.3) is 0 Å². The molecule has 2 fully saturated rings. The van der Waals surface area contributed by atoms with Crippen LogP contribution in [0.5, 0.6) is 0 Å². The smallest absolute Gasteiger partial charge is 0.249 e. The van der Waals surface area contributed by atoms with E-state index in [9.17, 15) is 19.5 Å². The van der Waals surface area contributed by atoms with Gasteiger partial charge in [-0.2, -0.15) is 0 Å². The van der Waals surface area contributed by atoms with E-state index in [1.165, 1.54) is 16.7 Å². The summed E-state index contributed by atoms with van der Waals surface area (Å²) in [4.78, 5) is 36.6. The van der Waals surface area contributed by atoms with E-state index in [4.69, 9.17) is 4.74 Å². The van der Waals surface area contributed by atoms with Gasteiger partial charge in [0.25, 0.3) is 0 Å². The van der Waals surface area contributed by atoms with E-state index in [1.54, 1.807) is 27.7 Å². The molecule has 7 nitrogen and oxygen atoms in total. The minimum atomic E-state index is -1.27. The quantitative estimate of drug-likeness (QED) is 0.634. The number of nitrogens with zero attached hydrogens (tertiary/aromatic N) is 1. The second-order valence-corrected chi connectivity index (χ2v) is 7.43. The van der Waals surface area contributed by atoms with Gasteiger partial charge in [-0.25, -0.2) is 0 Å². The average Bonchev–Trinajstić information content (AvgIpc) is 2.64. The molecule has 2 saturated heterocycles. The van der Waals surface area contributed by atoms with Gasteiger partial charge in [-0.3, -0.25) is 9.59 Å². The van der Waals surface area contributed by atoms with E-state index < -0.39 is 28.9 Å². The standard InChI is InChI=1S/C13H20N2O5S/c1-5-20-6(2)9(16)14-7-10(17)15-8(12(18)19)13(3,4)21-11(7)15/h6-8,11H,5H2,1-4H3,(H,14,16)(H,18,19)/p-1. The Balaban J connectivity index is 2.06. The number of hydrogen-bond acceptors (Lipinski definition) is 6. The van der Waals surface area contributed by atoms with Gasteiger partial charge in [-0.1, -0.05) is 0 Å². The number of carboxylic acid groups (broad SMARTS) is 1. The molecule has 118 valence electrons. The number of thioether (sulfide) groups is 1. The zero-order valence-electron chi connectivity index (χ0n) is 12.4. The number of carboxylic acids is 1. The molecule has 0 aromatic rings. The van der Waals surface area contributed by atoms with Gasteiger partial charge in [0.2, 0.25) is 11.8 Å². The van der Waals surface area contributed by atoms with Crippen molar-refractivity contribution in [2.45, 2.75) is 56.0 Å². The Bertz CT molecular complexity index is 481. The lowest BCUT2D eigenvalue weighted by atomic mass is 9.96. The molecule has 4 unspecified atom stereocenters. The van der Waals surface area contributed by atoms with Crippen molar-refractivity contribution in [3.8, 4) is 0 Å². The first-order valence-corrected chi connectivity index (χ1v) is 7.71. The van der Waals surface area contributed by atoms with Gasteiger partial charge in [-0.15, -0.1) is 11.8 Å². The average molecular weight is 315 g/mol. The van der Waals surface area contributed by atoms with Crippen LogP contribution in [-0.2, 0) is 19.1 Å². The lowest BCUT2D eigenvalue weighted by Crippen LogP contribution is -2.72. The maximum absolute atomic E-state index is 12.1. The van der Waals surface area contributed by atoms with Gasteiger partial charge in [0.05, 0.1) is 12.0 Å². The molecule has 2 aliphatic rings. The lowest BCUT2D eigenvalue weighted by molar-refractivity contribution is -0.312. The molecule has 0 aromatic heterocycles. The van der Waals surface area contributed by atoms with Crippen molar-refractivity contribution >= 4 is 29.5 Å². The molecule has 1 N–H and O–H groups in total. The fraction of sp³-hybridized carbons (Fsp3) is 0.769. The molecule has 0 aliphatic carbocycles. The number of ether oxygens (including phenoxy) is 1. The molecule has 0 saturated carbocycles. The maximum Gasteiger partial charge on any atom is 0.249 e. The number of β-lactam (4-membered cyclic amide) rings is 1. The van der Waals surface area contributed by atoms with E-state index >= 15 is 0 Å². The van der Waals surface area contributed by atoms with Crippen LogP contribution in [0.1, 0.15) is 27.7 Å². The molecular weight excluding hydrogens is 296 g/mol. The largest absolute Gasteiger partial charge is 0.548 e. The number of carbonyl (C=O) groups excluding carboxylic acids is 3. The van der Waals surface area contributed by atoms with Crippen molar-refractivity contribution in [1.29, 1.82) is 0 Å². The fourth-order valence-electron chi connectivity index (χ4n) is 2.72. The molecule has 0 spiro atoms. The Labute approximate surface area is 127 Å². The number of hydrogen-bond donors (Lipinski definition) is 1. The van der Waals surface area contributed by atoms with E-state index in [0.717, 1.165) is 0 Å². The first kappa shape index (κ1) is 16.1. The Morgan fingerprint density at radius 1 is 1.52 bits per heavy atom. The van der Waals surface area contributed by atoms with Gasteiger partial charge in [0, 0.05) is 11.4 Å². The molecule has 4 atom stereocenters. The second-order valence-electron chi connectivity index (χ2n) is 5.66. The number of fused-ring (bicyclic) bond motifs is 1. The number of aliphatic carboxylic acids is 1. The van der Waals surface area contributed by atoms with E-state index in [-0.39, 0.29) is 17.2 Å². The van der Waals surface area contributed by atoms with Crippen LogP contribution < -0.4 is 10.4 Å². The predicted octanol–water partition coefficient (Wildman–Crippen LogP) is -1.29. The molecular formula is C13H19N2O5S-. The lowest BCUT2D eigenvalue weighted by Gasteiger charge is -2.45. The predicted molar refractivity (Wildman–Crippen MR) is 74.1 cm³/mol. The topological polar surface area (TPSA) is 98.8 Å². The Morgan fingerprint density at radius 2 is 2.14 bits per heavy atom. The third-order valence-electron chi connectivity index (χ3n) is 3.75. The summed E-state index contributed by atoms with van der Waals surface area (Å²) < 4.78 is 4.52. The maximum atomic E-state index is 12.1. The van der Waals surface area contributed by atoms with Gasteiger partial charge in [0.1, 0.15) is 17.5 Å². The fourth-order valence-corrected chi connectivity index (χ4v) is 4.34. The third-order valence-corrected chi connectivity index (χ3v) is 5.32. The number of rotatable bonds is 5. The van der Waals surface area contributed by atoms with Crippen molar-refractivity contribution in [2.24, 2.45) is 0 Å². The Kier molecular flexibility index (Phi) is 4.21. The highest BCUT2D eigenvalue weighted by Gasteiger charge is 2.62. The molecule has 21 heavy (non-hydrogen) atoms. The first-order valence-electron chi connectivity index (χ1n) is 6.83. The zero-order valence-corrected chi connectivity index (χ0v) is 13.2. The highest BCUT2D eigenvalue weighted by Crippen LogP contribution is 2.50. The van der Waals surface area contributed by atoms with Crippen LogP contribution in [0.3, 0.4) is 0 Å². The van der Waals surface area contributed by atoms with Crippen LogP contribution in [0, 0.1) is 0 Å². The third kappa shape index (κ3) is 2.62.